The first-order valence-electron chi connectivity index (χ1n) is 5.76. The summed E-state index contributed by atoms with van der Waals surface area (Å²) in [6, 6.07) is 0. The normalized spacial score (nSPS) is 17.0. The van der Waals surface area contributed by atoms with Crippen LogP contribution in [-0.4, -0.2) is 62.3 Å². The van der Waals surface area contributed by atoms with Gasteiger partial charge in [0, 0.05) is 33.2 Å². The number of nitrogens with zero attached hydrogens (tertiary/aromatic N) is 4. The average molecular weight is 237 g/mol. The van der Waals surface area contributed by atoms with Gasteiger partial charge in [-0.05, 0) is 7.05 Å². The highest BCUT2D eigenvalue weighted by Crippen LogP contribution is 2.31. The highest BCUT2D eigenvalue weighted by atomic mass is 16.5. The molecule has 1 aromatic heterocycles. The Kier molecular flexibility index (Phi) is 3.63. The number of hydrogen-bond acceptors (Lipinski definition) is 6. The number of likely N-dealkylation sites (N-methyl/N-ethyl adjacent to an activating group) is 1. The Morgan fingerprint density at radius 2 is 1.94 bits per heavy atom. The monoisotopic (exact) mass is 237 g/mol. The fraction of sp³-hybridized carbons (Fsp3) is 0.636. The van der Waals surface area contributed by atoms with E-state index >= 15 is 0 Å². The van der Waals surface area contributed by atoms with Gasteiger partial charge in [-0.15, -0.1) is 0 Å². The van der Waals surface area contributed by atoms with E-state index in [4.69, 9.17) is 4.74 Å². The zero-order valence-corrected chi connectivity index (χ0v) is 10.6. The lowest BCUT2D eigenvalue weighted by Gasteiger charge is -2.33. The minimum Gasteiger partial charge on any atom is -0.490 e. The molecule has 1 aromatic rings. The maximum Gasteiger partial charge on any atom is 0.204 e. The third-order valence-corrected chi connectivity index (χ3v) is 3.03. The Balaban J connectivity index is 2.25. The Morgan fingerprint density at radius 3 is 2.53 bits per heavy atom. The van der Waals surface area contributed by atoms with Crippen molar-refractivity contribution in [3.8, 4) is 5.75 Å². The largest absolute Gasteiger partial charge is 0.490 e. The maximum atomic E-state index is 5.40. The number of hydrogen-bond donors (Lipinski definition) is 1. The highest BCUT2D eigenvalue weighted by molar-refractivity contribution is 5.64. The molecule has 2 heterocycles. The van der Waals surface area contributed by atoms with E-state index in [1.165, 1.54) is 0 Å². The predicted molar refractivity (Wildman–Crippen MR) is 67.8 cm³/mol. The molecule has 0 spiro atoms. The number of piperazine rings is 1. The van der Waals surface area contributed by atoms with Gasteiger partial charge in [0.15, 0.2) is 11.6 Å². The summed E-state index contributed by atoms with van der Waals surface area (Å²) in [5.74, 6) is 2.33. The summed E-state index contributed by atoms with van der Waals surface area (Å²) < 4.78 is 5.40. The second-order valence-corrected chi connectivity index (χ2v) is 4.12. The maximum absolute atomic E-state index is 5.40. The van der Waals surface area contributed by atoms with Crippen molar-refractivity contribution >= 4 is 11.6 Å². The lowest BCUT2D eigenvalue weighted by atomic mass is 10.3. The van der Waals surface area contributed by atoms with Crippen molar-refractivity contribution in [3.63, 3.8) is 0 Å². The molecular formula is C11H19N5O. The van der Waals surface area contributed by atoms with E-state index < -0.39 is 0 Å². The predicted octanol–water partition coefficient (Wildman–Crippen LogP) is 0.279. The van der Waals surface area contributed by atoms with Gasteiger partial charge in [-0.25, -0.2) is 9.97 Å². The van der Waals surface area contributed by atoms with Gasteiger partial charge in [0.25, 0.3) is 0 Å². The van der Waals surface area contributed by atoms with Crippen LogP contribution in [0.1, 0.15) is 0 Å². The molecular weight excluding hydrogens is 218 g/mol. The van der Waals surface area contributed by atoms with Crippen LogP contribution in [-0.2, 0) is 0 Å². The summed E-state index contributed by atoms with van der Waals surface area (Å²) >= 11 is 0. The highest BCUT2D eigenvalue weighted by Gasteiger charge is 2.20. The van der Waals surface area contributed by atoms with E-state index in [1.54, 1.807) is 13.4 Å². The van der Waals surface area contributed by atoms with Crippen molar-refractivity contribution in [2.75, 3.05) is 57.6 Å². The molecule has 0 atom stereocenters. The average Bonchev–Trinajstić information content (AvgIpc) is 2.38. The molecule has 1 aliphatic rings. The second kappa shape index (κ2) is 5.18. The van der Waals surface area contributed by atoms with Crippen LogP contribution in [0.25, 0.3) is 0 Å². The van der Waals surface area contributed by atoms with Gasteiger partial charge in [-0.2, -0.15) is 0 Å². The summed E-state index contributed by atoms with van der Waals surface area (Å²) in [5.41, 5.74) is 0. The summed E-state index contributed by atoms with van der Waals surface area (Å²) in [7, 11) is 5.62. The van der Waals surface area contributed by atoms with Crippen LogP contribution in [0.5, 0.6) is 5.75 Å². The Hall–Kier alpha value is -1.56. The molecule has 0 radical (unpaired) electrons. The summed E-state index contributed by atoms with van der Waals surface area (Å²) in [5, 5.41) is 3.02. The van der Waals surface area contributed by atoms with Crippen molar-refractivity contribution in [3.05, 3.63) is 6.33 Å². The summed E-state index contributed by atoms with van der Waals surface area (Å²) in [6.07, 6.45) is 1.57. The first-order valence-corrected chi connectivity index (χ1v) is 5.76. The van der Waals surface area contributed by atoms with Crippen LogP contribution in [0.3, 0.4) is 0 Å². The van der Waals surface area contributed by atoms with Gasteiger partial charge in [0.05, 0.1) is 7.11 Å². The number of nitrogens with one attached hydrogen (secondary N) is 1. The second-order valence-electron chi connectivity index (χ2n) is 4.12. The molecule has 94 valence electrons. The van der Waals surface area contributed by atoms with Crippen LogP contribution < -0.4 is 15.0 Å². The third-order valence-electron chi connectivity index (χ3n) is 3.03. The Labute approximate surface area is 102 Å². The smallest absolute Gasteiger partial charge is 0.204 e. The van der Waals surface area contributed by atoms with E-state index in [0.29, 0.717) is 0 Å². The van der Waals surface area contributed by atoms with Crippen molar-refractivity contribution in [2.45, 2.75) is 0 Å². The van der Waals surface area contributed by atoms with Crippen LogP contribution in [0.2, 0.25) is 0 Å². The molecule has 1 N–H and O–H groups in total. The van der Waals surface area contributed by atoms with Crippen LogP contribution in [0, 0.1) is 0 Å². The minimum atomic E-state index is 0.722. The van der Waals surface area contributed by atoms with E-state index in [-0.39, 0.29) is 0 Å². The Bertz CT molecular complexity index is 376. The van der Waals surface area contributed by atoms with E-state index in [2.05, 4.69) is 32.1 Å². The number of rotatable bonds is 3. The molecule has 0 aliphatic carbocycles. The number of aromatic nitrogens is 2. The quantitative estimate of drug-likeness (QED) is 0.815. The van der Waals surface area contributed by atoms with Crippen molar-refractivity contribution in [1.82, 2.24) is 14.9 Å². The van der Waals surface area contributed by atoms with Gasteiger partial charge in [-0.1, -0.05) is 0 Å². The Morgan fingerprint density at radius 1 is 1.24 bits per heavy atom. The molecule has 0 unspecified atom stereocenters. The molecule has 1 saturated heterocycles. The lowest BCUT2D eigenvalue weighted by molar-refractivity contribution is 0.310. The van der Waals surface area contributed by atoms with Gasteiger partial charge in [-0.3, -0.25) is 0 Å². The fourth-order valence-corrected chi connectivity index (χ4v) is 1.97. The fourth-order valence-electron chi connectivity index (χ4n) is 1.97. The zero-order valence-electron chi connectivity index (χ0n) is 10.6. The standard InChI is InChI=1S/C11H19N5O/c1-12-10-9(17-3)11(14-8-13-10)16-6-4-15(2)5-7-16/h8H,4-7H2,1-3H3,(H,12,13,14). The topological polar surface area (TPSA) is 53.5 Å². The van der Waals surface area contributed by atoms with Gasteiger partial charge >= 0.3 is 0 Å². The molecule has 1 aliphatic heterocycles. The van der Waals surface area contributed by atoms with Crippen molar-refractivity contribution in [1.29, 1.82) is 0 Å². The number of ether oxygens (including phenoxy) is 1. The molecule has 0 bridgehead atoms. The summed E-state index contributed by atoms with van der Waals surface area (Å²) in [6.45, 7) is 4.02. The minimum absolute atomic E-state index is 0.722. The van der Waals surface area contributed by atoms with Gasteiger partial charge in [0.2, 0.25) is 5.75 Å². The molecule has 0 amide bonds. The van der Waals surface area contributed by atoms with Crippen molar-refractivity contribution in [2.24, 2.45) is 0 Å². The van der Waals surface area contributed by atoms with E-state index in [0.717, 1.165) is 43.6 Å². The van der Waals surface area contributed by atoms with Crippen molar-refractivity contribution < 1.29 is 4.74 Å². The molecule has 1 fully saturated rings. The van der Waals surface area contributed by atoms with Gasteiger partial charge < -0.3 is 19.9 Å². The van der Waals surface area contributed by atoms with Crippen LogP contribution in [0.4, 0.5) is 11.6 Å². The van der Waals surface area contributed by atoms with E-state index in [9.17, 15) is 0 Å². The first-order chi connectivity index (χ1) is 8.26. The number of methoxy groups -OCH3 is 1. The lowest BCUT2D eigenvalue weighted by Crippen LogP contribution is -2.45. The van der Waals surface area contributed by atoms with Gasteiger partial charge in [0.1, 0.15) is 6.33 Å². The molecule has 6 nitrogen and oxygen atoms in total. The first kappa shape index (κ1) is 11.9. The molecule has 0 saturated carbocycles. The SMILES string of the molecule is CNc1ncnc(N2CCN(C)CC2)c1OC. The molecule has 17 heavy (non-hydrogen) atoms. The zero-order chi connectivity index (χ0) is 12.3. The molecule has 2 rings (SSSR count). The third kappa shape index (κ3) is 2.41. The number of anilines is 2. The molecule has 0 aromatic carbocycles. The van der Waals surface area contributed by atoms with Crippen LogP contribution in [0.15, 0.2) is 6.33 Å². The van der Waals surface area contributed by atoms with E-state index in [1.807, 2.05) is 7.05 Å². The molecule has 6 heteroatoms. The van der Waals surface area contributed by atoms with Crippen LogP contribution >= 0.6 is 0 Å². The summed E-state index contributed by atoms with van der Waals surface area (Å²) in [4.78, 5) is 13.0.